The number of pyridine rings is 1. The second-order valence-corrected chi connectivity index (χ2v) is 8.23. The van der Waals surface area contributed by atoms with Gasteiger partial charge in [-0.15, -0.1) is 11.3 Å². The zero-order chi connectivity index (χ0) is 20.2. The van der Waals surface area contributed by atoms with Crippen LogP contribution in [0.3, 0.4) is 0 Å². The number of nitrogens with one attached hydrogen (secondary N) is 2. The lowest BCUT2D eigenvalue weighted by atomic mass is 10.1. The van der Waals surface area contributed by atoms with E-state index >= 15 is 0 Å². The molecule has 3 aromatic heterocycles. The van der Waals surface area contributed by atoms with Gasteiger partial charge in [-0.05, 0) is 17.7 Å². The fourth-order valence-corrected chi connectivity index (χ4v) is 4.74. The predicted molar refractivity (Wildman–Crippen MR) is 121 cm³/mol. The van der Waals surface area contributed by atoms with Crippen molar-refractivity contribution in [3.8, 4) is 22.5 Å². The van der Waals surface area contributed by atoms with Crippen molar-refractivity contribution in [3.05, 3.63) is 60.2 Å². The van der Waals surface area contributed by atoms with Gasteiger partial charge in [-0.2, -0.15) is 0 Å². The van der Waals surface area contributed by atoms with E-state index in [0.29, 0.717) is 5.82 Å². The molecule has 1 fully saturated rings. The van der Waals surface area contributed by atoms with Crippen molar-refractivity contribution < 1.29 is 9.64 Å². The molecular formula is C23H24N5OS+. The molecule has 0 atom stereocenters. The van der Waals surface area contributed by atoms with Crippen LogP contribution in [0.4, 0.5) is 5.82 Å². The summed E-state index contributed by atoms with van der Waals surface area (Å²) >= 11 is 1.66. The summed E-state index contributed by atoms with van der Waals surface area (Å²) in [7, 11) is 0. The fourth-order valence-electron chi connectivity index (χ4n) is 3.79. The molecule has 5 rings (SSSR count). The topological polar surface area (TPSA) is 64.4 Å². The minimum atomic E-state index is 0.707. The maximum atomic E-state index is 5.47. The lowest BCUT2D eigenvalue weighted by Gasteiger charge is -2.23. The van der Waals surface area contributed by atoms with Gasteiger partial charge in [0.15, 0.2) is 5.82 Å². The number of nitrogens with zero attached hydrogens (tertiary/aromatic N) is 3. The van der Waals surface area contributed by atoms with Crippen molar-refractivity contribution in [2.75, 3.05) is 44.7 Å². The molecule has 1 aromatic carbocycles. The number of fused-ring (bicyclic) bond motifs is 1. The first kappa shape index (κ1) is 19.1. The highest BCUT2D eigenvalue weighted by Gasteiger charge is 2.18. The number of thiophene rings is 1. The standard InChI is InChI=1S/C23H23N5OS/c1-2-5-17(6-3-1)19-16-30-23-20(19)22(25-9-10-28-11-13-29-14-12-28)26-21(27-23)18-7-4-8-24-15-18/h1-8,15-16H,9-14H2,(H,25,26,27)/p+1. The molecule has 0 unspecified atom stereocenters. The van der Waals surface area contributed by atoms with Crippen LogP contribution in [0.1, 0.15) is 0 Å². The minimum absolute atomic E-state index is 0.707. The number of quaternary nitrogens is 1. The maximum absolute atomic E-state index is 5.47. The summed E-state index contributed by atoms with van der Waals surface area (Å²) in [6, 6.07) is 14.4. The lowest BCUT2D eigenvalue weighted by Crippen LogP contribution is -3.14. The number of hydrogen-bond donors (Lipinski definition) is 2. The maximum Gasteiger partial charge on any atom is 0.164 e. The molecule has 0 amide bonds. The predicted octanol–water partition coefficient (Wildman–Crippen LogP) is 2.75. The Hall–Kier alpha value is -2.87. The van der Waals surface area contributed by atoms with Gasteiger partial charge in [0.05, 0.1) is 31.7 Å². The van der Waals surface area contributed by atoms with E-state index in [1.165, 1.54) is 11.1 Å². The molecule has 7 heteroatoms. The van der Waals surface area contributed by atoms with Gasteiger partial charge in [0, 0.05) is 28.9 Å². The van der Waals surface area contributed by atoms with E-state index in [1.807, 2.05) is 24.4 Å². The van der Waals surface area contributed by atoms with Crippen LogP contribution in [0.2, 0.25) is 0 Å². The van der Waals surface area contributed by atoms with Crippen molar-refractivity contribution in [1.82, 2.24) is 15.0 Å². The highest BCUT2D eigenvalue weighted by Crippen LogP contribution is 2.37. The summed E-state index contributed by atoms with van der Waals surface area (Å²) in [4.78, 5) is 16.6. The second-order valence-electron chi connectivity index (χ2n) is 7.37. The smallest absolute Gasteiger partial charge is 0.164 e. The highest BCUT2D eigenvalue weighted by atomic mass is 32.1. The first-order chi connectivity index (χ1) is 14.9. The van der Waals surface area contributed by atoms with Crippen molar-refractivity contribution in [1.29, 1.82) is 0 Å². The Bertz CT molecular complexity index is 1110. The van der Waals surface area contributed by atoms with Gasteiger partial charge < -0.3 is 15.0 Å². The average molecular weight is 419 g/mol. The van der Waals surface area contributed by atoms with E-state index in [2.05, 4.69) is 39.9 Å². The highest BCUT2D eigenvalue weighted by molar-refractivity contribution is 7.17. The molecule has 0 saturated carbocycles. The normalized spacial score (nSPS) is 14.8. The zero-order valence-electron chi connectivity index (χ0n) is 16.7. The molecule has 30 heavy (non-hydrogen) atoms. The molecule has 0 radical (unpaired) electrons. The van der Waals surface area contributed by atoms with Gasteiger partial charge in [-0.1, -0.05) is 30.3 Å². The van der Waals surface area contributed by atoms with Crippen molar-refractivity contribution in [2.24, 2.45) is 0 Å². The number of morpholine rings is 1. The SMILES string of the molecule is c1ccc(-c2csc3nc(-c4cccnc4)nc(NCC[NH+]4CCOCC4)c23)cc1. The van der Waals surface area contributed by atoms with Crippen molar-refractivity contribution in [3.63, 3.8) is 0 Å². The number of anilines is 1. The molecule has 0 spiro atoms. The average Bonchev–Trinajstić information content (AvgIpc) is 3.25. The first-order valence-electron chi connectivity index (χ1n) is 10.3. The molecule has 4 heterocycles. The third-order valence-corrected chi connectivity index (χ3v) is 6.28. The Morgan fingerprint density at radius 1 is 1.00 bits per heavy atom. The van der Waals surface area contributed by atoms with Crippen LogP contribution in [-0.2, 0) is 4.74 Å². The number of benzene rings is 1. The third-order valence-electron chi connectivity index (χ3n) is 5.41. The van der Waals surface area contributed by atoms with Gasteiger partial charge in [-0.25, -0.2) is 9.97 Å². The molecule has 1 saturated heterocycles. The Morgan fingerprint density at radius 3 is 2.63 bits per heavy atom. The third kappa shape index (κ3) is 4.05. The molecule has 0 aliphatic carbocycles. The van der Waals surface area contributed by atoms with Crippen LogP contribution >= 0.6 is 11.3 Å². The second kappa shape index (κ2) is 8.87. The number of rotatable bonds is 6. The molecule has 6 nitrogen and oxygen atoms in total. The molecule has 4 aromatic rings. The largest absolute Gasteiger partial charge is 0.370 e. The van der Waals surface area contributed by atoms with E-state index in [-0.39, 0.29) is 0 Å². The summed E-state index contributed by atoms with van der Waals surface area (Å²) in [6.45, 7) is 5.73. The summed E-state index contributed by atoms with van der Waals surface area (Å²) in [6.07, 6.45) is 3.58. The summed E-state index contributed by atoms with van der Waals surface area (Å²) in [5.74, 6) is 1.60. The van der Waals surface area contributed by atoms with Crippen LogP contribution in [-0.4, -0.2) is 54.3 Å². The summed E-state index contributed by atoms with van der Waals surface area (Å²) < 4.78 is 5.47. The van der Waals surface area contributed by atoms with E-state index in [1.54, 1.807) is 22.4 Å². The van der Waals surface area contributed by atoms with Crippen LogP contribution in [0, 0.1) is 0 Å². The van der Waals surface area contributed by atoms with Crippen LogP contribution < -0.4 is 10.2 Å². The van der Waals surface area contributed by atoms with E-state index in [0.717, 1.165) is 61.0 Å². The van der Waals surface area contributed by atoms with Gasteiger partial charge in [0.25, 0.3) is 0 Å². The van der Waals surface area contributed by atoms with E-state index < -0.39 is 0 Å². The quantitative estimate of drug-likeness (QED) is 0.504. The van der Waals surface area contributed by atoms with Gasteiger partial charge in [0.2, 0.25) is 0 Å². The number of aromatic nitrogens is 3. The van der Waals surface area contributed by atoms with Crippen LogP contribution in [0.25, 0.3) is 32.7 Å². The van der Waals surface area contributed by atoms with E-state index in [4.69, 9.17) is 14.7 Å². The summed E-state index contributed by atoms with van der Waals surface area (Å²) in [5.41, 5.74) is 3.29. The lowest BCUT2D eigenvalue weighted by molar-refractivity contribution is -0.906. The molecule has 152 valence electrons. The van der Waals surface area contributed by atoms with E-state index in [9.17, 15) is 0 Å². The van der Waals surface area contributed by atoms with Gasteiger partial charge in [-0.3, -0.25) is 4.98 Å². The first-order valence-corrected chi connectivity index (χ1v) is 11.2. The Kier molecular flexibility index (Phi) is 5.65. The zero-order valence-corrected chi connectivity index (χ0v) is 17.5. The Morgan fingerprint density at radius 2 is 1.83 bits per heavy atom. The Balaban J connectivity index is 1.51. The van der Waals surface area contributed by atoms with Crippen LogP contribution in [0.5, 0.6) is 0 Å². The van der Waals surface area contributed by atoms with Crippen LogP contribution in [0.15, 0.2) is 60.2 Å². The molecule has 0 bridgehead atoms. The minimum Gasteiger partial charge on any atom is -0.370 e. The van der Waals surface area contributed by atoms with Gasteiger partial charge >= 0.3 is 0 Å². The molecule has 2 N–H and O–H groups in total. The number of hydrogen-bond acceptors (Lipinski definition) is 6. The number of ether oxygens (including phenoxy) is 1. The van der Waals surface area contributed by atoms with Crippen molar-refractivity contribution in [2.45, 2.75) is 0 Å². The Labute approximate surface area is 179 Å². The molecule has 1 aliphatic rings. The molecular weight excluding hydrogens is 394 g/mol. The molecule has 1 aliphatic heterocycles. The monoisotopic (exact) mass is 418 g/mol. The fraction of sp³-hybridized carbons (Fsp3) is 0.261. The summed E-state index contributed by atoms with van der Waals surface area (Å²) in [5, 5.41) is 6.89. The van der Waals surface area contributed by atoms with Crippen molar-refractivity contribution >= 4 is 27.4 Å². The van der Waals surface area contributed by atoms with Gasteiger partial charge in [0.1, 0.15) is 23.7 Å².